The van der Waals surface area contributed by atoms with Crippen molar-refractivity contribution < 1.29 is 0 Å². The molecule has 3 heteroatoms. The summed E-state index contributed by atoms with van der Waals surface area (Å²) in [5.74, 6) is 1.61. The Kier molecular flexibility index (Phi) is 4.83. The quantitative estimate of drug-likeness (QED) is 0.804. The molecule has 2 heterocycles. The standard InChI is InChI=1S/C14H29N3/c1-12(10-15)5-8-17-9-6-14-13(11-17)4-3-7-16(14)2/h12-14H,3-11,15H2,1-2H3. The van der Waals surface area contributed by atoms with Crippen LogP contribution in [-0.2, 0) is 0 Å². The molecule has 0 aromatic rings. The lowest BCUT2D eigenvalue weighted by molar-refractivity contribution is 0.0369. The van der Waals surface area contributed by atoms with Crippen LogP contribution < -0.4 is 5.73 Å². The first-order chi connectivity index (χ1) is 8.20. The molecular formula is C14H29N3. The van der Waals surface area contributed by atoms with Crippen LogP contribution in [0.3, 0.4) is 0 Å². The van der Waals surface area contributed by atoms with Crippen LogP contribution in [0.15, 0.2) is 0 Å². The van der Waals surface area contributed by atoms with Crippen molar-refractivity contribution in [3.8, 4) is 0 Å². The van der Waals surface area contributed by atoms with E-state index in [0.717, 1.165) is 18.5 Å². The topological polar surface area (TPSA) is 32.5 Å². The lowest BCUT2D eigenvalue weighted by Gasteiger charge is -2.46. The molecule has 2 rings (SSSR count). The number of fused-ring (bicyclic) bond motifs is 1. The minimum atomic E-state index is 0.682. The highest BCUT2D eigenvalue weighted by molar-refractivity contribution is 4.89. The molecule has 0 aliphatic carbocycles. The molecular weight excluding hydrogens is 210 g/mol. The van der Waals surface area contributed by atoms with Gasteiger partial charge in [0.05, 0.1) is 0 Å². The van der Waals surface area contributed by atoms with Gasteiger partial charge in [-0.05, 0) is 70.7 Å². The molecule has 3 unspecified atom stereocenters. The number of likely N-dealkylation sites (tertiary alicyclic amines) is 2. The fraction of sp³-hybridized carbons (Fsp3) is 1.00. The van der Waals surface area contributed by atoms with Crippen LogP contribution in [0.25, 0.3) is 0 Å². The van der Waals surface area contributed by atoms with Crippen LogP contribution in [0.4, 0.5) is 0 Å². The molecule has 3 nitrogen and oxygen atoms in total. The number of hydrogen-bond acceptors (Lipinski definition) is 3. The average Bonchev–Trinajstić information content (AvgIpc) is 2.36. The van der Waals surface area contributed by atoms with Crippen molar-refractivity contribution in [2.45, 2.75) is 38.6 Å². The molecule has 3 atom stereocenters. The van der Waals surface area contributed by atoms with E-state index in [9.17, 15) is 0 Å². The number of hydrogen-bond donors (Lipinski definition) is 1. The molecule has 2 saturated heterocycles. The molecule has 0 radical (unpaired) electrons. The summed E-state index contributed by atoms with van der Waals surface area (Å²) in [4.78, 5) is 5.26. The molecule has 0 aromatic heterocycles. The molecule has 17 heavy (non-hydrogen) atoms. The average molecular weight is 239 g/mol. The maximum atomic E-state index is 5.69. The van der Waals surface area contributed by atoms with E-state index in [4.69, 9.17) is 5.73 Å². The largest absolute Gasteiger partial charge is 0.330 e. The van der Waals surface area contributed by atoms with Crippen molar-refractivity contribution in [2.75, 3.05) is 39.8 Å². The Labute approximate surface area is 106 Å². The molecule has 0 spiro atoms. The number of piperidine rings is 2. The summed E-state index contributed by atoms with van der Waals surface area (Å²) in [6, 6.07) is 0.868. The van der Waals surface area contributed by atoms with Crippen LogP contribution >= 0.6 is 0 Å². The molecule has 2 aliphatic heterocycles. The van der Waals surface area contributed by atoms with Crippen molar-refractivity contribution in [2.24, 2.45) is 17.6 Å². The Morgan fingerprint density at radius 3 is 2.88 bits per heavy atom. The van der Waals surface area contributed by atoms with Crippen LogP contribution in [0.2, 0.25) is 0 Å². The normalized spacial score (nSPS) is 33.4. The van der Waals surface area contributed by atoms with E-state index in [0.29, 0.717) is 5.92 Å². The third kappa shape index (κ3) is 3.43. The summed E-state index contributed by atoms with van der Waals surface area (Å²) < 4.78 is 0. The predicted molar refractivity (Wildman–Crippen MR) is 73.0 cm³/mol. The lowest BCUT2D eigenvalue weighted by atomic mass is 9.84. The third-order valence-corrected chi connectivity index (χ3v) is 4.77. The van der Waals surface area contributed by atoms with Crippen molar-refractivity contribution >= 4 is 0 Å². The Morgan fingerprint density at radius 1 is 1.29 bits per heavy atom. The van der Waals surface area contributed by atoms with E-state index in [2.05, 4.69) is 23.8 Å². The van der Waals surface area contributed by atoms with Gasteiger partial charge in [0, 0.05) is 12.6 Å². The lowest BCUT2D eigenvalue weighted by Crippen LogP contribution is -2.52. The summed E-state index contributed by atoms with van der Waals surface area (Å²) >= 11 is 0. The second-order valence-electron chi connectivity index (χ2n) is 6.17. The van der Waals surface area contributed by atoms with Gasteiger partial charge in [-0.1, -0.05) is 6.92 Å². The molecule has 2 N–H and O–H groups in total. The number of rotatable bonds is 4. The first-order valence-corrected chi connectivity index (χ1v) is 7.33. The van der Waals surface area contributed by atoms with Crippen LogP contribution in [-0.4, -0.2) is 55.6 Å². The van der Waals surface area contributed by atoms with Gasteiger partial charge in [-0.2, -0.15) is 0 Å². The third-order valence-electron chi connectivity index (χ3n) is 4.77. The SMILES string of the molecule is CC(CN)CCN1CCC2C(CCCN2C)C1. The zero-order valence-corrected chi connectivity index (χ0v) is 11.6. The van der Waals surface area contributed by atoms with Gasteiger partial charge in [0.15, 0.2) is 0 Å². The summed E-state index contributed by atoms with van der Waals surface area (Å²) in [5.41, 5.74) is 5.69. The monoisotopic (exact) mass is 239 g/mol. The van der Waals surface area contributed by atoms with E-state index >= 15 is 0 Å². The minimum absolute atomic E-state index is 0.682. The zero-order chi connectivity index (χ0) is 12.3. The van der Waals surface area contributed by atoms with Crippen molar-refractivity contribution in [1.82, 2.24) is 9.80 Å². The summed E-state index contributed by atoms with van der Waals surface area (Å²) in [6.07, 6.45) is 5.48. The smallest absolute Gasteiger partial charge is 0.0145 e. The predicted octanol–water partition coefficient (Wildman–Crippen LogP) is 1.39. The van der Waals surface area contributed by atoms with Gasteiger partial charge in [0.2, 0.25) is 0 Å². The van der Waals surface area contributed by atoms with Crippen molar-refractivity contribution in [3.05, 3.63) is 0 Å². The maximum absolute atomic E-state index is 5.69. The second-order valence-corrected chi connectivity index (χ2v) is 6.17. The molecule has 0 bridgehead atoms. The number of nitrogens with zero attached hydrogens (tertiary/aromatic N) is 2. The van der Waals surface area contributed by atoms with Crippen LogP contribution in [0, 0.1) is 11.8 Å². The summed E-state index contributed by atoms with van der Waals surface area (Å²) in [6.45, 7) is 8.29. The van der Waals surface area contributed by atoms with Gasteiger partial charge in [-0.25, -0.2) is 0 Å². The Hall–Kier alpha value is -0.120. The van der Waals surface area contributed by atoms with Gasteiger partial charge in [0.1, 0.15) is 0 Å². The second kappa shape index (κ2) is 6.17. The minimum Gasteiger partial charge on any atom is -0.330 e. The Balaban J connectivity index is 1.77. The fourth-order valence-corrected chi connectivity index (χ4v) is 3.45. The molecule has 2 fully saturated rings. The summed E-state index contributed by atoms with van der Waals surface area (Å²) in [5, 5.41) is 0. The first kappa shape index (κ1) is 13.3. The highest BCUT2D eigenvalue weighted by Gasteiger charge is 2.33. The van der Waals surface area contributed by atoms with Gasteiger partial charge < -0.3 is 15.5 Å². The molecule has 0 saturated carbocycles. The molecule has 0 amide bonds. The molecule has 100 valence electrons. The van der Waals surface area contributed by atoms with E-state index in [1.807, 2.05) is 0 Å². The van der Waals surface area contributed by atoms with E-state index < -0.39 is 0 Å². The van der Waals surface area contributed by atoms with Gasteiger partial charge in [-0.15, -0.1) is 0 Å². The Bertz CT molecular complexity index is 232. The van der Waals surface area contributed by atoms with E-state index in [-0.39, 0.29) is 0 Å². The highest BCUT2D eigenvalue weighted by atomic mass is 15.2. The maximum Gasteiger partial charge on any atom is 0.0145 e. The zero-order valence-electron chi connectivity index (χ0n) is 11.6. The van der Waals surface area contributed by atoms with Crippen LogP contribution in [0.5, 0.6) is 0 Å². The summed E-state index contributed by atoms with van der Waals surface area (Å²) in [7, 11) is 2.31. The fourth-order valence-electron chi connectivity index (χ4n) is 3.45. The Morgan fingerprint density at radius 2 is 2.12 bits per heavy atom. The van der Waals surface area contributed by atoms with E-state index in [1.54, 1.807) is 0 Å². The van der Waals surface area contributed by atoms with E-state index in [1.165, 1.54) is 51.9 Å². The molecule has 2 aliphatic rings. The molecule has 0 aromatic carbocycles. The first-order valence-electron chi connectivity index (χ1n) is 7.33. The van der Waals surface area contributed by atoms with Crippen molar-refractivity contribution in [1.29, 1.82) is 0 Å². The van der Waals surface area contributed by atoms with Crippen LogP contribution in [0.1, 0.15) is 32.6 Å². The van der Waals surface area contributed by atoms with Gasteiger partial charge >= 0.3 is 0 Å². The van der Waals surface area contributed by atoms with Gasteiger partial charge in [0.25, 0.3) is 0 Å². The highest BCUT2D eigenvalue weighted by Crippen LogP contribution is 2.29. The number of nitrogens with two attached hydrogens (primary N) is 1. The van der Waals surface area contributed by atoms with Crippen molar-refractivity contribution in [3.63, 3.8) is 0 Å². The van der Waals surface area contributed by atoms with Gasteiger partial charge in [-0.3, -0.25) is 0 Å².